The lowest BCUT2D eigenvalue weighted by atomic mass is 9.49. The van der Waals surface area contributed by atoms with Gasteiger partial charge in [0, 0.05) is 81.7 Å². The van der Waals surface area contributed by atoms with Gasteiger partial charge >= 0.3 is 0 Å². The Balaban J connectivity index is 0.000000141. The standard InChI is InChI=1S/2C17H38B2FN24O7/c1-10-15(13(6-46-5)50-17(10)19-18)48-9-30-29(8-47-7-12-14(45)16(51-20)11(2)49-12)37-33-25-26-34-32(24-22-21-23-31(33)38(30)37)39-40(34)44-42-36-28(4)27(3)35(36)41(42)43(39)44;1-10-15(12(6-46-5)50-17(10)19-18)48-9-30-29(8-47-7-13-16(51-20)14(45)11(2)49-13)37-33-25-26-34-32(24-22-21-23-31(33)38(30)37)39-40(34)44-42-36-28(4)27(3)35(36)41(42)43(39)44/h2*10-17,21-26,45H,6-9H2,1-5H3/t10?,11-,12+,13+,14-,15+,16?,17+;10?,11-,12+,13+,14?,15+,16-,17+/m00/s1. The minimum absolute atomic E-state index is 0.0315. The second-order valence-corrected chi connectivity index (χ2v) is 25.2. The number of nitrogens with zero attached hydrogens (tertiary/aromatic N) is 36. The molecule has 0 saturated carbocycles. The average molecular weight is 1460 g/mol. The zero-order valence-electron chi connectivity index (χ0n) is 55.9. The Morgan fingerprint density at radius 1 is 0.363 bits per heavy atom. The fourth-order valence-electron chi connectivity index (χ4n) is 14.2. The average Bonchev–Trinajstić information content (AvgIpc) is 0.727. The molecular formula is C34H76B4F2N48O14. The zero-order valence-corrected chi connectivity index (χ0v) is 55.9. The van der Waals surface area contributed by atoms with Gasteiger partial charge in [0.1, 0.15) is 63.5 Å². The van der Waals surface area contributed by atoms with Gasteiger partial charge in [0.2, 0.25) is 0 Å². The quantitative estimate of drug-likeness (QED) is 0.0448. The van der Waals surface area contributed by atoms with Crippen molar-refractivity contribution in [2.75, 3.05) is 95.8 Å². The number of hydrogen-bond acceptors (Lipinski definition) is 62. The number of hydrogen-bond donors (Lipinski definition) is 14. The van der Waals surface area contributed by atoms with Gasteiger partial charge < -0.3 is 57.6 Å². The molecular weight excluding hydrogens is 1390 g/mol. The third-order valence-corrected chi connectivity index (χ3v) is 19.7. The lowest BCUT2D eigenvalue weighted by Crippen LogP contribution is -3.18. The number of rotatable bonds is 22. The summed E-state index contributed by atoms with van der Waals surface area (Å²) in [6.07, 6.45) is -8.88. The topological polar surface area (TPSA) is 412 Å². The maximum absolute atomic E-state index is 13.3. The molecule has 62 nitrogen and oxygen atoms in total. The van der Waals surface area contributed by atoms with Gasteiger partial charge in [0.05, 0.1) is 65.2 Å². The summed E-state index contributed by atoms with van der Waals surface area (Å²) in [6.45, 7) is 7.82. The minimum Gasteiger partial charge on any atom is -0.387 e. The van der Waals surface area contributed by atoms with E-state index in [2.05, 4.69) is 76.3 Å². The maximum atomic E-state index is 13.3. The van der Waals surface area contributed by atoms with Crippen molar-refractivity contribution in [1.29, 1.82) is 0 Å². The van der Waals surface area contributed by atoms with Gasteiger partial charge in [-0.1, -0.05) is 34.3 Å². The molecule has 0 spiro atoms. The van der Waals surface area contributed by atoms with Crippen LogP contribution in [0, 0.1) is 11.8 Å². The third-order valence-electron chi connectivity index (χ3n) is 19.7. The van der Waals surface area contributed by atoms with Crippen molar-refractivity contribution >= 4 is 29.8 Å². The first-order valence-electron chi connectivity index (χ1n) is 32.1. The second-order valence-electron chi connectivity index (χ2n) is 25.2. The van der Waals surface area contributed by atoms with Gasteiger partial charge in [-0.15, -0.1) is 64.8 Å². The molecule has 14 N–H and O–H groups in total. The number of ether oxygens (including phenoxy) is 10. The molecule has 4 unspecified atom stereocenters. The monoisotopic (exact) mass is 1460 g/mol. The van der Waals surface area contributed by atoms with E-state index in [-0.39, 0.29) is 88.4 Å². The van der Waals surface area contributed by atoms with Gasteiger partial charge in [-0.25, -0.2) is 0 Å². The van der Waals surface area contributed by atoms with Gasteiger partial charge in [0.15, 0.2) is 12.2 Å². The molecule has 0 aromatic rings. The Hall–Kier alpha value is -2.36. The van der Waals surface area contributed by atoms with Crippen LogP contribution in [0.2, 0.25) is 0 Å². The fraction of sp³-hybridized carbons (Fsp3) is 1.00. The lowest BCUT2D eigenvalue weighted by Gasteiger charge is -2.87. The van der Waals surface area contributed by atoms with Crippen molar-refractivity contribution < 1.29 is 76.5 Å². The van der Waals surface area contributed by atoms with Gasteiger partial charge in [0.25, 0.3) is 0 Å². The number of hydrazine groups is 62. The summed E-state index contributed by atoms with van der Waals surface area (Å²) in [4.78, 5) is 7.92. The van der Waals surface area contributed by atoms with Gasteiger partial charge in [-0.05, 0) is 169 Å². The van der Waals surface area contributed by atoms with Gasteiger partial charge in [-0.2, -0.15) is 32.0 Å². The van der Waals surface area contributed by atoms with Crippen LogP contribution in [-0.2, 0) is 57.3 Å². The highest BCUT2D eigenvalue weighted by molar-refractivity contribution is 6.90. The highest BCUT2D eigenvalue weighted by atomic mass is 19.3. The molecule has 0 aromatic heterocycles. The SMILES string of the molecule is [B][B][C@@H]1O[C@H](COC)[C@H](OCN2N(COC[C@H]3O[C@@H](C)C(O)[C@H]3OF)N3N4NNN5N(NNNNN4N23)N2N5N3N4N5N(C)N(C)N5N4N23)C1C.[B][B][C@@H]1O[C@H](COC)[C@H](OCN2N(COC[C@H]3O[C@@H](C)C(OF)[C@H]3O)N3N4NNN5N(NNNNN4N23)N2N5N3N4N5N(C)N(C)N5N4N23)C1C. The van der Waals surface area contributed by atoms with Crippen molar-refractivity contribution in [2.45, 2.75) is 113 Å². The largest absolute Gasteiger partial charge is 0.387 e. The Morgan fingerprint density at radius 3 is 1.03 bits per heavy atom. The third kappa shape index (κ3) is 9.76. The van der Waals surface area contributed by atoms with Crippen LogP contribution in [0.15, 0.2) is 0 Å². The van der Waals surface area contributed by atoms with Crippen LogP contribution in [0.25, 0.3) is 0 Å². The molecule has 0 amide bonds. The Labute approximate surface area is 579 Å². The molecule has 20 fully saturated rings. The molecule has 20 aliphatic rings. The van der Waals surface area contributed by atoms with Crippen LogP contribution < -0.4 is 66.4 Å². The normalized spacial score (nSPS) is 42.3. The molecule has 20 aliphatic heterocycles. The molecule has 0 aliphatic carbocycles. The van der Waals surface area contributed by atoms with Crippen LogP contribution in [0.3, 0.4) is 0 Å². The van der Waals surface area contributed by atoms with Gasteiger partial charge in [-0.3, -0.25) is 0 Å². The van der Waals surface area contributed by atoms with Crippen LogP contribution in [0.1, 0.15) is 27.7 Å². The molecule has 20 saturated heterocycles. The smallest absolute Gasteiger partial charge is 0.155 e. The van der Waals surface area contributed by atoms with Crippen molar-refractivity contribution in [1.82, 2.24) is 254 Å². The summed E-state index contributed by atoms with van der Waals surface area (Å²) in [5, 5.41) is 84.2. The first-order chi connectivity index (χ1) is 49.6. The molecule has 20 heterocycles. The number of nitrogens with one attached hydrogen (secondary N) is 12. The summed E-state index contributed by atoms with van der Waals surface area (Å²) in [5.41, 5.74) is 36.0. The molecule has 0 aromatic carbocycles. The number of aliphatic hydroxyl groups is 2. The van der Waals surface area contributed by atoms with E-state index in [1.807, 2.05) is 125 Å². The summed E-state index contributed by atoms with van der Waals surface area (Å²) >= 11 is 0. The highest BCUT2D eigenvalue weighted by Gasteiger charge is 2.87. The first-order valence-corrected chi connectivity index (χ1v) is 32.1. The molecule has 68 heteroatoms. The maximum Gasteiger partial charge on any atom is 0.155 e. The van der Waals surface area contributed by atoms with Crippen molar-refractivity contribution in [3.63, 3.8) is 0 Å². The molecule has 20 rings (SSSR count). The van der Waals surface area contributed by atoms with Crippen LogP contribution >= 0.6 is 0 Å². The Morgan fingerprint density at radius 2 is 0.676 bits per heavy atom. The van der Waals surface area contributed by atoms with E-state index < -0.39 is 48.8 Å². The molecule has 562 valence electrons. The number of fused-ring (bicyclic) bond motifs is 34. The highest BCUT2D eigenvalue weighted by Crippen LogP contribution is 2.56. The first kappa shape index (κ1) is 70.1. The van der Waals surface area contributed by atoms with E-state index in [0.717, 1.165) is 0 Å². The summed E-state index contributed by atoms with van der Waals surface area (Å²) in [7, 11) is 25.6. The van der Waals surface area contributed by atoms with Crippen molar-refractivity contribution in [2.24, 2.45) is 11.8 Å². The number of methoxy groups -OCH3 is 2. The van der Waals surface area contributed by atoms with Crippen molar-refractivity contribution in [3.05, 3.63) is 0 Å². The van der Waals surface area contributed by atoms with Crippen LogP contribution in [-0.4, -0.2) is 408 Å². The summed E-state index contributed by atoms with van der Waals surface area (Å²) in [5.74, 6) is -0.104. The Bertz CT molecular complexity index is 3050. The molecule has 16 atom stereocenters. The predicted molar refractivity (Wildman–Crippen MR) is 304 cm³/mol. The van der Waals surface area contributed by atoms with E-state index in [9.17, 15) is 19.3 Å². The fourth-order valence-corrected chi connectivity index (χ4v) is 14.2. The second kappa shape index (κ2) is 26.7. The molecule has 102 heavy (non-hydrogen) atoms. The number of halogens is 2. The number of aliphatic hydroxyl groups excluding tert-OH is 2. The van der Waals surface area contributed by atoms with E-state index in [1.54, 1.807) is 132 Å². The zero-order chi connectivity index (χ0) is 70.1. The summed E-state index contributed by atoms with van der Waals surface area (Å²) in [6, 6.07) is -0.606. The summed E-state index contributed by atoms with van der Waals surface area (Å²) < 4.78 is 85.3. The van der Waals surface area contributed by atoms with E-state index in [0.29, 0.717) is 13.2 Å². The van der Waals surface area contributed by atoms with E-state index in [4.69, 9.17) is 62.8 Å². The Kier molecular flexibility index (Phi) is 18.3. The predicted octanol–water partition coefficient (Wildman–Crippen LogP) is -17.6. The van der Waals surface area contributed by atoms with E-state index in [1.165, 1.54) is 14.3 Å². The van der Waals surface area contributed by atoms with Crippen molar-refractivity contribution in [3.8, 4) is 0 Å². The lowest BCUT2D eigenvalue weighted by molar-refractivity contribution is -1.00. The molecule has 0 bridgehead atoms. The van der Waals surface area contributed by atoms with Crippen LogP contribution in [0.5, 0.6) is 0 Å². The van der Waals surface area contributed by atoms with Crippen LogP contribution in [0.4, 0.5) is 9.05 Å². The molecule has 6 radical (unpaired) electrons. The van der Waals surface area contributed by atoms with E-state index >= 15 is 0 Å². The minimum atomic E-state index is -1.20.